The third-order valence-corrected chi connectivity index (χ3v) is 3.86. The average molecular weight is 248 g/mol. The first-order chi connectivity index (χ1) is 7.11. The van der Waals surface area contributed by atoms with Gasteiger partial charge in [0.1, 0.15) is 5.75 Å². The van der Waals surface area contributed by atoms with Crippen molar-refractivity contribution < 1.29 is 9.00 Å². The summed E-state index contributed by atoms with van der Waals surface area (Å²) in [6.45, 7) is 9.62. The average Bonchev–Trinajstić information content (AvgIpc) is 1.98. The number of carbonyl (C=O) groups is 1. The summed E-state index contributed by atoms with van der Waals surface area (Å²) in [5, 5.41) is 2.82. The van der Waals surface area contributed by atoms with Gasteiger partial charge in [0.25, 0.3) is 0 Å². The Morgan fingerprint density at radius 3 is 2.25 bits per heavy atom. The molecule has 2 unspecified atom stereocenters. The molecule has 2 atom stereocenters. The first kappa shape index (κ1) is 15.6. The SMILES string of the molecule is CC(C)C(C)NC(=O)CS(=O)CC(C)(C)N. The van der Waals surface area contributed by atoms with Gasteiger partial charge in [-0.05, 0) is 26.7 Å². The highest BCUT2D eigenvalue weighted by molar-refractivity contribution is 7.85. The van der Waals surface area contributed by atoms with Gasteiger partial charge >= 0.3 is 0 Å². The minimum absolute atomic E-state index is 0.0394. The smallest absolute Gasteiger partial charge is 0.232 e. The van der Waals surface area contributed by atoms with Crippen LogP contribution in [0.4, 0.5) is 0 Å². The Hall–Kier alpha value is -0.420. The molecule has 0 radical (unpaired) electrons. The quantitative estimate of drug-likeness (QED) is 0.724. The van der Waals surface area contributed by atoms with E-state index in [0.29, 0.717) is 11.7 Å². The minimum atomic E-state index is -1.19. The Balaban J connectivity index is 4.02. The molecule has 0 bridgehead atoms. The zero-order valence-corrected chi connectivity index (χ0v) is 11.7. The standard InChI is InChI=1S/C11H24N2O2S/c1-8(2)9(3)13-10(14)6-16(15)7-11(4,5)12/h8-9H,6-7,12H2,1-5H3,(H,13,14). The van der Waals surface area contributed by atoms with E-state index in [-0.39, 0.29) is 17.7 Å². The Kier molecular flexibility index (Phi) is 6.18. The summed E-state index contributed by atoms with van der Waals surface area (Å²) in [6.07, 6.45) is 0. The number of nitrogens with two attached hydrogens (primary N) is 1. The molecule has 96 valence electrons. The predicted octanol–water partition coefficient (Wildman–Crippen LogP) is 0.633. The normalized spacial score (nSPS) is 15.9. The molecule has 16 heavy (non-hydrogen) atoms. The predicted molar refractivity (Wildman–Crippen MR) is 68.6 cm³/mol. The van der Waals surface area contributed by atoms with Crippen LogP contribution in [0.1, 0.15) is 34.6 Å². The van der Waals surface area contributed by atoms with E-state index in [1.54, 1.807) is 13.8 Å². The molecule has 0 spiro atoms. The molecular formula is C11H24N2O2S. The van der Waals surface area contributed by atoms with Crippen molar-refractivity contribution in [2.45, 2.75) is 46.2 Å². The van der Waals surface area contributed by atoms with Crippen molar-refractivity contribution in [1.29, 1.82) is 0 Å². The van der Waals surface area contributed by atoms with E-state index >= 15 is 0 Å². The number of hydrogen-bond acceptors (Lipinski definition) is 3. The maximum Gasteiger partial charge on any atom is 0.232 e. The van der Waals surface area contributed by atoms with Crippen LogP contribution in [0.15, 0.2) is 0 Å². The fraction of sp³-hybridized carbons (Fsp3) is 0.909. The lowest BCUT2D eigenvalue weighted by Crippen LogP contribution is -2.42. The molecule has 4 nitrogen and oxygen atoms in total. The van der Waals surface area contributed by atoms with E-state index in [4.69, 9.17) is 5.73 Å². The van der Waals surface area contributed by atoms with Crippen molar-refractivity contribution in [3.63, 3.8) is 0 Å². The van der Waals surface area contributed by atoms with E-state index < -0.39 is 16.3 Å². The van der Waals surface area contributed by atoms with Crippen molar-refractivity contribution in [2.75, 3.05) is 11.5 Å². The molecule has 3 N–H and O–H groups in total. The van der Waals surface area contributed by atoms with Crippen LogP contribution in [0, 0.1) is 5.92 Å². The van der Waals surface area contributed by atoms with Gasteiger partial charge in [-0.1, -0.05) is 13.8 Å². The van der Waals surface area contributed by atoms with E-state index in [1.807, 2.05) is 20.8 Å². The van der Waals surface area contributed by atoms with Crippen LogP contribution < -0.4 is 11.1 Å². The van der Waals surface area contributed by atoms with Gasteiger partial charge in [-0.2, -0.15) is 0 Å². The molecular weight excluding hydrogens is 224 g/mol. The van der Waals surface area contributed by atoms with Crippen LogP contribution in [0.5, 0.6) is 0 Å². The van der Waals surface area contributed by atoms with E-state index in [0.717, 1.165) is 0 Å². The van der Waals surface area contributed by atoms with Gasteiger partial charge in [0.05, 0.1) is 0 Å². The second-order valence-corrected chi connectivity index (χ2v) is 6.77. The van der Waals surface area contributed by atoms with Crippen molar-refractivity contribution in [3.05, 3.63) is 0 Å². The third kappa shape index (κ3) is 7.82. The van der Waals surface area contributed by atoms with Crippen LogP contribution in [-0.4, -0.2) is 33.2 Å². The lowest BCUT2D eigenvalue weighted by molar-refractivity contribution is -0.119. The molecule has 0 saturated carbocycles. The topological polar surface area (TPSA) is 72.2 Å². The highest BCUT2D eigenvalue weighted by Crippen LogP contribution is 2.02. The molecule has 0 aliphatic heterocycles. The Morgan fingerprint density at radius 1 is 1.38 bits per heavy atom. The first-order valence-corrected chi connectivity index (χ1v) is 7.04. The molecule has 0 saturated heterocycles. The summed E-state index contributed by atoms with van der Waals surface area (Å²) >= 11 is 0. The fourth-order valence-electron chi connectivity index (χ4n) is 1.07. The molecule has 0 aliphatic rings. The number of hydrogen-bond donors (Lipinski definition) is 2. The first-order valence-electron chi connectivity index (χ1n) is 5.55. The van der Waals surface area contributed by atoms with E-state index in [9.17, 15) is 9.00 Å². The van der Waals surface area contributed by atoms with Crippen LogP contribution >= 0.6 is 0 Å². The summed E-state index contributed by atoms with van der Waals surface area (Å²) in [6, 6.07) is 0.107. The van der Waals surface area contributed by atoms with Crippen molar-refractivity contribution in [2.24, 2.45) is 11.7 Å². The molecule has 1 amide bonds. The van der Waals surface area contributed by atoms with Crippen LogP contribution in [-0.2, 0) is 15.6 Å². The summed E-state index contributed by atoms with van der Waals surface area (Å²) in [5.74, 6) is 0.598. The van der Waals surface area contributed by atoms with Crippen molar-refractivity contribution in [3.8, 4) is 0 Å². The summed E-state index contributed by atoms with van der Waals surface area (Å²) in [5.41, 5.74) is 5.25. The molecule has 0 aliphatic carbocycles. The summed E-state index contributed by atoms with van der Waals surface area (Å²) in [4.78, 5) is 11.5. The molecule has 0 aromatic carbocycles. The van der Waals surface area contributed by atoms with Crippen LogP contribution in [0.2, 0.25) is 0 Å². The van der Waals surface area contributed by atoms with Crippen LogP contribution in [0.25, 0.3) is 0 Å². The van der Waals surface area contributed by atoms with Crippen LogP contribution in [0.3, 0.4) is 0 Å². The molecule has 0 fully saturated rings. The largest absolute Gasteiger partial charge is 0.353 e. The Labute approximate surface area is 101 Å². The molecule has 5 heteroatoms. The Bertz CT molecular complexity index is 259. The number of amides is 1. The van der Waals surface area contributed by atoms with Gasteiger partial charge in [-0.3, -0.25) is 9.00 Å². The maximum atomic E-state index is 11.6. The second-order valence-electron chi connectivity index (χ2n) is 5.32. The van der Waals surface area contributed by atoms with Gasteiger partial charge in [0.2, 0.25) is 5.91 Å². The second kappa shape index (κ2) is 6.35. The highest BCUT2D eigenvalue weighted by atomic mass is 32.2. The molecule has 0 aromatic rings. The van der Waals surface area contributed by atoms with Gasteiger partial charge in [0.15, 0.2) is 0 Å². The Morgan fingerprint density at radius 2 is 1.88 bits per heavy atom. The van der Waals surface area contributed by atoms with Crippen molar-refractivity contribution >= 4 is 16.7 Å². The zero-order chi connectivity index (χ0) is 12.9. The summed E-state index contributed by atoms with van der Waals surface area (Å²) in [7, 11) is -1.19. The fourth-order valence-corrected chi connectivity index (χ4v) is 2.38. The summed E-state index contributed by atoms with van der Waals surface area (Å²) < 4.78 is 11.6. The maximum absolute atomic E-state index is 11.6. The molecule has 0 rings (SSSR count). The van der Waals surface area contributed by atoms with Gasteiger partial charge < -0.3 is 11.1 Å². The van der Waals surface area contributed by atoms with Crippen molar-refractivity contribution in [1.82, 2.24) is 5.32 Å². The number of rotatable bonds is 6. The zero-order valence-electron chi connectivity index (χ0n) is 10.9. The third-order valence-electron chi connectivity index (χ3n) is 2.21. The monoisotopic (exact) mass is 248 g/mol. The van der Waals surface area contributed by atoms with E-state index in [2.05, 4.69) is 5.32 Å². The molecule has 0 heterocycles. The highest BCUT2D eigenvalue weighted by Gasteiger charge is 2.18. The van der Waals surface area contributed by atoms with Gasteiger partial charge in [0, 0.05) is 28.1 Å². The lowest BCUT2D eigenvalue weighted by Gasteiger charge is -2.19. The molecule has 0 aromatic heterocycles. The number of carbonyl (C=O) groups excluding carboxylic acids is 1. The van der Waals surface area contributed by atoms with Gasteiger partial charge in [-0.15, -0.1) is 0 Å². The van der Waals surface area contributed by atoms with Gasteiger partial charge in [-0.25, -0.2) is 0 Å². The van der Waals surface area contributed by atoms with E-state index in [1.165, 1.54) is 0 Å². The lowest BCUT2D eigenvalue weighted by atomic mass is 10.1. The minimum Gasteiger partial charge on any atom is -0.353 e. The number of nitrogens with one attached hydrogen (secondary N) is 1.